The van der Waals surface area contributed by atoms with Crippen molar-refractivity contribution in [2.45, 2.75) is 18.1 Å². The van der Waals surface area contributed by atoms with Gasteiger partial charge in [-0.1, -0.05) is 30.0 Å². The average Bonchev–Trinajstić information content (AvgIpc) is 3.25. The van der Waals surface area contributed by atoms with Gasteiger partial charge in [-0.3, -0.25) is 4.79 Å². The average molecular weight is 427 g/mol. The SMILES string of the molecule is COc1ccccc1-n1nnnc1SCC(=O)NC(C)c1ccc2c(c1)OCCO2. The van der Waals surface area contributed by atoms with Crippen LogP contribution in [-0.4, -0.2) is 52.2 Å². The summed E-state index contributed by atoms with van der Waals surface area (Å²) in [5.41, 5.74) is 1.65. The molecule has 1 atom stereocenters. The summed E-state index contributed by atoms with van der Waals surface area (Å²) in [6.07, 6.45) is 0. The van der Waals surface area contributed by atoms with E-state index in [9.17, 15) is 4.79 Å². The first-order valence-corrected chi connectivity index (χ1v) is 10.4. The summed E-state index contributed by atoms with van der Waals surface area (Å²) in [4.78, 5) is 12.5. The number of fused-ring (bicyclic) bond motifs is 1. The number of tetrazole rings is 1. The Balaban J connectivity index is 1.38. The molecule has 0 spiro atoms. The maximum absolute atomic E-state index is 12.5. The van der Waals surface area contributed by atoms with E-state index in [4.69, 9.17) is 14.2 Å². The molecule has 1 unspecified atom stereocenters. The molecule has 0 saturated carbocycles. The highest BCUT2D eigenvalue weighted by molar-refractivity contribution is 7.99. The van der Waals surface area contributed by atoms with E-state index in [1.165, 1.54) is 11.8 Å². The highest BCUT2D eigenvalue weighted by Gasteiger charge is 2.18. The van der Waals surface area contributed by atoms with E-state index >= 15 is 0 Å². The summed E-state index contributed by atoms with van der Waals surface area (Å²) in [7, 11) is 1.59. The topological polar surface area (TPSA) is 100 Å². The Labute approximate surface area is 177 Å². The van der Waals surface area contributed by atoms with Crippen LogP contribution < -0.4 is 19.5 Å². The van der Waals surface area contributed by atoms with E-state index in [0.29, 0.717) is 35.6 Å². The number of nitrogens with zero attached hydrogens (tertiary/aromatic N) is 4. The molecule has 0 saturated heterocycles. The number of amides is 1. The van der Waals surface area contributed by atoms with Gasteiger partial charge in [0.05, 0.1) is 18.9 Å². The molecular weight excluding hydrogens is 406 g/mol. The number of hydrogen-bond acceptors (Lipinski definition) is 8. The molecule has 1 aliphatic heterocycles. The summed E-state index contributed by atoms with van der Waals surface area (Å²) in [5.74, 6) is 2.11. The fourth-order valence-electron chi connectivity index (χ4n) is 3.05. The van der Waals surface area contributed by atoms with Crippen LogP contribution in [0.1, 0.15) is 18.5 Å². The van der Waals surface area contributed by atoms with Gasteiger partial charge >= 0.3 is 0 Å². The first kappa shape index (κ1) is 20.0. The first-order chi connectivity index (χ1) is 14.7. The Hall–Kier alpha value is -3.27. The van der Waals surface area contributed by atoms with Crippen molar-refractivity contribution in [3.63, 3.8) is 0 Å². The smallest absolute Gasteiger partial charge is 0.230 e. The van der Waals surface area contributed by atoms with Crippen molar-refractivity contribution in [3.05, 3.63) is 48.0 Å². The van der Waals surface area contributed by atoms with Gasteiger partial charge in [0, 0.05) is 0 Å². The van der Waals surface area contributed by atoms with Crippen molar-refractivity contribution in [1.29, 1.82) is 0 Å². The molecule has 2 aromatic carbocycles. The number of benzene rings is 2. The first-order valence-electron chi connectivity index (χ1n) is 9.39. The Kier molecular flexibility index (Phi) is 6.03. The molecule has 1 N–H and O–H groups in total. The lowest BCUT2D eigenvalue weighted by Crippen LogP contribution is -2.28. The molecule has 0 bridgehead atoms. The quantitative estimate of drug-likeness (QED) is 0.574. The maximum atomic E-state index is 12.5. The molecule has 9 nitrogen and oxygen atoms in total. The molecule has 4 rings (SSSR count). The Bertz CT molecular complexity index is 1040. The van der Waals surface area contributed by atoms with Crippen LogP contribution in [0.3, 0.4) is 0 Å². The predicted molar refractivity (Wildman–Crippen MR) is 110 cm³/mol. The number of para-hydroxylation sites is 2. The van der Waals surface area contributed by atoms with Crippen LogP contribution in [-0.2, 0) is 4.79 Å². The van der Waals surface area contributed by atoms with E-state index in [1.807, 2.05) is 49.4 Å². The third-order valence-electron chi connectivity index (χ3n) is 4.53. The lowest BCUT2D eigenvalue weighted by molar-refractivity contribution is -0.119. The monoisotopic (exact) mass is 427 g/mol. The van der Waals surface area contributed by atoms with E-state index in [2.05, 4.69) is 20.8 Å². The molecule has 30 heavy (non-hydrogen) atoms. The van der Waals surface area contributed by atoms with Gasteiger partial charge in [-0.15, -0.1) is 5.10 Å². The lowest BCUT2D eigenvalue weighted by atomic mass is 10.1. The maximum Gasteiger partial charge on any atom is 0.230 e. The fraction of sp³-hybridized carbons (Fsp3) is 0.300. The van der Waals surface area contributed by atoms with Gasteiger partial charge in [-0.05, 0) is 47.2 Å². The number of aromatic nitrogens is 4. The highest BCUT2D eigenvalue weighted by atomic mass is 32.2. The van der Waals surface area contributed by atoms with E-state index < -0.39 is 0 Å². The number of carbonyl (C=O) groups excluding carboxylic acids is 1. The van der Waals surface area contributed by atoms with Crippen molar-refractivity contribution in [2.24, 2.45) is 0 Å². The molecule has 0 radical (unpaired) electrons. The number of thioether (sulfide) groups is 1. The largest absolute Gasteiger partial charge is 0.494 e. The number of methoxy groups -OCH3 is 1. The summed E-state index contributed by atoms with van der Waals surface area (Å²) < 4.78 is 18.1. The Morgan fingerprint density at radius 2 is 2.03 bits per heavy atom. The third-order valence-corrected chi connectivity index (χ3v) is 5.45. The molecule has 3 aromatic rings. The van der Waals surface area contributed by atoms with Gasteiger partial charge < -0.3 is 19.5 Å². The molecule has 1 aliphatic rings. The van der Waals surface area contributed by atoms with Crippen LogP contribution in [0.2, 0.25) is 0 Å². The van der Waals surface area contributed by atoms with Crippen LogP contribution >= 0.6 is 11.8 Å². The van der Waals surface area contributed by atoms with Crippen molar-refractivity contribution >= 4 is 17.7 Å². The van der Waals surface area contributed by atoms with Crippen LogP contribution in [0.4, 0.5) is 0 Å². The lowest BCUT2D eigenvalue weighted by Gasteiger charge is -2.21. The normalized spacial score (nSPS) is 13.5. The number of carbonyl (C=O) groups is 1. The van der Waals surface area contributed by atoms with Crippen molar-refractivity contribution < 1.29 is 19.0 Å². The van der Waals surface area contributed by atoms with Gasteiger partial charge in [-0.25, -0.2) is 0 Å². The van der Waals surface area contributed by atoms with Crippen molar-refractivity contribution in [2.75, 3.05) is 26.1 Å². The fourth-order valence-corrected chi connectivity index (χ4v) is 3.75. The van der Waals surface area contributed by atoms with Crippen molar-refractivity contribution in [3.8, 4) is 22.9 Å². The zero-order valence-corrected chi connectivity index (χ0v) is 17.4. The molecular formula is C20H21N5O4S. The number of rotatable bonds is 7. The molecule has 0 fully saturated rings. The number of hydrogen-bond donors (Lipinski definition) is 1. The zero-order chi connectivity index (χ0) is 20.9. The summed E-state index contributed by atoms with van der Waals surface area (Å²) >= 11 is 1.25. The molecule has 1 amide bonds. The molecule has 10 heteroatoms. The van der Waals surface area contributed by atoms with Crippen LogP contribution in [0.5, 0.6) is 17.2 Å². The van der Waals surface area contributed by atoms with Gasteiger partial charge in [0.1, 0.15) is 24.7 Å². The summed E-state index contributed by atoms with van der Waals surface area (Å²) in [6, 6.07) is 12.9. The highest BCUT2D eigenvalue weighted by Crippen LogP contribution is 2.32. The number of ether oxygens (including phenoxy) is 3. The minimum absolute atomic E-state index is 0.128. The van der Waals surface area contributed by atoms with Crippen LogP contribution in [0.15, 0.2) is 47.6 Å². The van der Waals surface area contributed by atoms with Gasteiger partial charge in [0.15, 0.2) is 11.5 Å². The second-order valence-electron chi connectivity index (χ2n) is 6.53. The zero-order valence-electron chi connectivity index (χ0n) is 16.6. The van der Waals surface area contributed by atoms with Gasteiger partial charge in [-0.2, -0.15) is 4.68 Å². The Morgan fingerprint density at radius 3 is 2.87 bits per heavy atom. The van der Waals surface area contributed by atoms with E-state index in [-0.39, 0.29) is 17.7 Å². The second kappa shape index (κ2) is 9.04. The molecule has 0 aliphatic carbocycles. The minimum Gasteiger partial charge on any atom is -0.494 e. The van der Waals surface area contributed by atoms with Crippen LogP contribution in [0, 0.1) is 0 Å². The summed E-state index contributed by atoms with van der Waals surface area (Å²) in [5, 5.41) is 15.3. The van der Waals surface area contributed by atoms with Gasteiger partial charge in [0.25, 0.3) is 0 Å². The van der Waals surface area contributed by atoms with Crippen molar-refractivity contribution in [1.82, 2.24) is 25.5 Å². The molecule has 1 aromatic heterocycles. The Morgan fingerprint density at radius 1 is 1.23 bits per heavy atom. The van der Waals surface area contributed by atoms with Crippen LogP contribution in [0.25, 0.3) is 5.69 Å². The molecule has 156 valence electrons. The summed E-state index contributed by atoms with van der Waals surface area (Å²) in [6.45, 7) is 2.99. The molecule has 2 heterocycles. The number of nitrogens with one attached hydrogen (secondary N) is 1. The van der Waals surface area contributed by atoms with Gasteiger partial charge in [0.2, 0.25) is 11.1 Å². The van der Waals surface area contributed by atoms with E-state index in [1.54, 1.807) is 11.8 Å². The minimum atomic E-state index is -0.181. The second-order valence-corrected chi connectivity index (χ2v) is 7.47. The van der Waals surface area contributed by atoms with E-state index in [0.717, 1.165) is 11.3 Å². The third kappa shape index (κ3) is 4.33. The standard InChI is InChI=1S/C20H21N5O4S/c1-13(14-7-8-17-18(11-14)29-10-9-28-17)21-19(26)12-30-20-22-23-24-25(20)15-5-3-4-6-16(15)27-2/h3-8,11,13H,9-10,12H2,1-2H3,(H,21,26). The predicted octanol–water partition coefficient (Wildman–Crippen LogP) is 2.41.